The largest absolute Gasteiger partial charge is 0.361 e. The van der Waals surface area contributed by atoms with Crippen LogP contribution >= 0.6 is 38.6 Å². The molecular formula is C18H15BrN4S2. The van der Waals surface area contributed by atoms with Gasteiger partial charge in [0.15, 0.2) is 0 Å². The molecule has 4 rings (SSSR count). The second-order valence-corrected chi connectivity index (χ2v) is 8.05. The maximum Gasteiger partial charge on any atom is 0.206 e. The Labute approximate surface area is 161 Å². The number of aromatic amines is 1. The summed E-state index contributed by atoms with van der Waals surface area (Å²) in [4.78, 5) is 9.95. The third-order valence-corrected chi connectivity index (χ3v) is 5.98. The molecule has 7 heteroatoms. The average Bonchev–Trinajstić information content (AvgIpc) is 3.32. The number of H-pyrrole nitrogens is 1. The van der Waals surface area contributed by atoms with Gasteiger partial charge in [0.2, 0.25) is 4.80 Å². The summed E-state index contributed by atoms with van der Waals surface area (Å²) in [6, 6.07) is 10.4. The lowest BCUT2D eigenvalue weighted by Crippen LogP contribution is -2.12. The number of benzene rings is 1. The smallest absolute Gasteiger partial charge is 0.206 e. The van der Waals surface area contributed by atoms with Crippen molar-refractivity contribution >= 4 is 55.7 Å². The highest BCUT2D eigenvalue weighted by molar-refractivity contribution is 9.10. The molecule has 0 fully saturated rings. The molecule has 25 heavy (non-hydrogen) atoms. The topological polar surface area (TPSA) is 45.4 Å². The van der Waals surface area contributed by atoms with E-state index in [0.29, 0.717) is 0 Å². The van der Waals surface area contributed by atoms with Crippen LogP contribution in [0.25, 0.3) is 21.5 Å². The SMILES string of the molecule is CCN=c1scc(-c2cccs2)n1N=Cc1c[nH]c2ccc(Br)cc12. The first-order valence-electron chi connectivity index (χ1n) is 7.82. The first-order chi connectivity index (χ1) is 12.3. The molecule has 3 aromatic heterocycles. The molecule has 4 nitrogen and oxygen atoms in total. The summed E-state index contributed by atoms with van der Waals surface area (Å²) in [6.45, 7) is 2.77. The van der Waals surface area contributed by atoms with Crippen molar-refractivity contribution in [2.75, 3.05) is 6.54 Å². The number of hydrogen-bond donors (Lipinski definition) is 1. The molecule has 1 N–H and O–H groups in total. The van der Waals surface area contributed by atoms with Crippen LogP contribution in [0.4, 0.5) is 0 Å². The lowest BCUT2D eigenvalue weighted by atomic mass is 10.2. The van der Waals surface area contributed by atoms with Crippen molar-refractivity contribution in [3.05, 3.63) is 62.1 Å². The first kappa shape index (κ1) is 16.5. The van der Waals surface area contributed by atoms with Gasteiger partial charge < -0.3 is 4.98 Å². The Bertz CT molecular complexity index is 1100. The number of nitrogens with one attached hydrogen (secondary N) is 1. The van der Waals surface area contributed by atoms with Crippen molar-refractivity contribution in [2.24, 2.45) is 10.1 Å². The van der Waals surface area contributed by atoms with Gasteiger partial charge >= 0.3 is 0 Å². The molecule has 0 amide bonds. The van der Waals surface area contributed by atoms with Crippen LogP contribution in [0.1, 0.15) is 12.5 Å². The Morgan fingerprint density at radius 2 is 2.20 bits per heavy atom. The summed E-state index contributed by atoms with van der Waals surface area (Å²) in [5.41, 5.74) is 3.22. The summed E-state index contributed by atoms with van der Waals surface area (Å²) in [7, 11) is 0. The molecule has 4 aromatic rings. The predicted molar refractivity (Wildman–Crippen MR) is 111 cm³/mol. The zero-order valence-electron chi connectivity index (χ0n) is 13.4. The number of fused-ring (bicyclic) bond motifs is 1. The second kappa shape index (κ2) is 7.11. The molecule has 0 atom stereocenters. The van der Waals surface area contributed by atoms with Crippen LogP contribution in [0.15, 0.2) is 61.9 Å². The minimum atomic E-state index is 0.736. The van der Waals surface area contributed by atoms with Crippen LogP contribution in [0.2, 0.25) is 0 Å². The fraction of sp³-hybridized carbons (Fsp3) is 0.111. The Morgan fingerprint density at radius 1 is 1.28 bits per heavy atom. The number of thiazole rings is 1. The number of nitrogens with zero attached hydrogens (tertiary/aromatic N) is 3. The highest BCUT2D eigenvalue weighted by Gasteiger charge is 2.08. The van der Waals surface area contributed by atoms with Gasteiger partial charge in [0.25, 0.3) is 0 Å². The standard InChI is InChI=1S/C18H15BrN4S2/c1-2-20-18-23(16(11-25-18)17-4-3-7-24-17)22-10-12-9-21-15-6-5-13(19)8-14(12)15/h3-11,21H,2H2,1H3. The van der Waals surface area contributed by atoms with Gasteiger partial charge in [0.1, 0.15) is 0 Å². The zero-order chi connectivity index (χ0) is 17.2. The zero-order valence-corrected chi connectivity index (χ0v) is 16.7. The van der Waals surface area contributed by atoms with Crippen LogP contribution in [-0.2, 0) is 0 Å². The number of hydrogen-bond acceptors (Lipinski definition) is 4. The van der Waals surface area contributed by atoms with Crippen molar-refractivity contribution in [3.63, 3.8) is 0 Å². The van der Waals surface area contributed by atoms with E-state index in [2.05, 4.69) is 60.9 Å². The van der Waals surface area contributed by atoms with Gasteiger partial charge in [-0.25, -0.2) is 4.68 Å². The molecule has 0 saturated heterocycles. The summed E-state index contributed by atoms with van der Waals surface area (Å²) < 4.78 is 2.98. The van der Waals surface area contributed by atoms with Crippen LogP contribution in [0, 0.1) is 0 Å². The highest BCUT2D eigenvalue weighted by Crippen LogP contribution is 2.25. The first-order valence-corrected chi connectivity index (χ1v) is 10.4. The predicted octanol–water partition coefficient (Wildman–Crippen LogP) is 5.32. The summed E-state index contributed by atoms with van der Waals surface area (Å²) in [5.74, 6) is 0. The van der Waals surface area contributed by atoms with Crippen LogP contribution < -0.4 is 4.80 Å². The van der Waals surface area contributed by atoms with Crippen molar-refractivity contribution in [1.82, 2.24) is 9.66 Å². The number of aromatic nitrogens is 2. The molecule has 3 heterocycles. The van der Waals surface area contributed by atoms with Crippen LogP contribution in [0.3, 0.4) is 0 Å². The molecule has 0 radical (unpaired) electrons. The Kier molecular flexibility index (Phi) is 4.70. The lowest BCUT2D eigenvalue weighted by Gasteiger charge is -2.00. The molecule has 0 aliphatic rings. The van der Waals surface area contributed by atoms with Gasteiger partial charge in [0, 0.05) is 39.1 Å². The van der Waals surface area contributed by atoms with E-state index < -0.39 is 0 Å². The molecular weight excluding hydrogens is 416 g/mol. The van der Waals surface area contributed by atoms with E-state index in [1.807, 2.05) is 30.1 Å². The van der Waals surface area contributed by atoms with Gasteiger partial charge in [-0.15, -0.1) is 22.7 Å². The van der Waals surface area contributed by atoms with Gasteiger partial charge in [0.05, 0.1) is 16.8 Å². The monoisotopic (exact) mass is 430 g/mol. The Hall–Kier alpha value is -1.96. The van der Waals surface area contributed by atoms with Crippen molar-refractivity contribution in [1.29, 1.82) is 0 Å². The average molecular weight is 431 g/mol. The van der Waals surface area contributed by atoms with E-state index in [9.17, 15) is 0 Å². The van der Waals surface area contributed by atoms with E-state index in [4.69, 9.17) is 5.10 Å². The Morgan fingerprint density at radius 3 is 3.00 bits per heavy atom. The minimum Gasteiger partial charge on any atom is -0.361 e. The maximum absolute atomic E-state index is 4.74. The van der Waals surface area contributed by atoms with E-state index in [-0.39, 0.29) is 0 Å². The van der Waals surface area contributed by atoms with Crippen molar-refractivity contribution < 1.29 is 0 Å². The normalized spacial score (nSPS) is 12.6. The van der Waals surface area contributed by atoms with E-state index in [1.54, 1.807) is 22.7 Å². The van der Waals surface area contributed by atoms with Crippen molar-refractivity contribution in [2.45, 2.75) is 6.92 Å². The fourth-order valence-corrected chi connectivity index (χ4v) is 4.65. The number of halogens is 1. The van der Waals surface area contributed by atoms with Gasteiger partial charge in [-0.1, -0.05) is 22.0 Å². The molecule has 126 valence electrons. The maximum atomic E-state index is 4.74. The number of rotatable bonds is 4. The molecule has 1 aromatic carbocycles. The molecule has 0 saturated carbocycles. The third-order valence-electron chi connectivity index (χ3n) is 3.74. The highest BCUT2D eigenvalue weighted by atomic mass is 79.9. The van der Waals surface area contributed by atoms with E-state index in [0.717, 1.165) is 38.0 Å². The quantitative estimate of drug-likeness (QED) is 0.425. The second-order valence-electron chi connectivity index (χ2n) is 5.35. The molecule has 0 aliphatic carbocycles. The molecule has 0 spiro atoms. The third kappa shape index (κ3) is 3.27. The molecule has 0 aliphatic heterocycles. The van der Waals surface area contributed by atoms with Gasteiger partial charge in [-0.3, -0.25) is 4.99 Å². The molecule has 0 unspecified atom stereocenters. The number of thiophene rings is 1. The lowest BCUT2D eigenvalue weighted by molar-refractivity contribution is 0.835. The molecule has 0 bridgehead atoms. The van der Waals surface area contributed by atoms with Crippen LogP contribution in [-0.4, -0.2) is 22.4 Å². The minimum absolute atomic E-state index is 0.736. The fourth-order valence-electron chi connectivity index (χ4n) is 2.59. The van der Waals surface area contributed by atoms with Gasteiger partial charge in [-0.2, -0.15) is 5.10 Å². The van der Waals surface area contributed by atoms with Gasteiger partial charge in [-0.05, 0) is 36.6 Å². The summed E-state index contributed by atoms with van der Waals surface area (Å²) in [5, 5.41) is 10.1. The summed E-state index contributed by atoms with van der Waals surface area (Å²) in [6.07, 6.45) is 3.87. The van der Waals surface area contributed by atoms with E-state index in [1.165, 1.54) is 4.88 Å². The van der Waals surface area contributed by atoms with E-state index >= 15 is 0 Å². The summed E-state index contributed by atoms with van der Waals surface area (Å²) >= 11 is 6.86. The van der Waals surface area contributed by atoms with Crippen LogP contribution in [0.5, 0.6) is 0 Å². The Balaban J connectivity index is 1.81. The van der Waals surface area contributed by atoms with Crippen molar-refractivity contribution in [3.8, 4) is 10.6 Å².